The number of Topliss-reactive ketones (excluding diaryl/α,β-unsaturated/α-hetero) is 1. The van der Waals surface area contributed by atoms with E-state index in [0.29, 0.717) is 12.8 Å². The molecule has 0 fully saturated rings. The number of fused-ring (bicyclic) bond motifs is 5. The summed E-state index contributed by atoms with van der Waals surface area (Å²) in [4.78, 5) is 12.7. The smallest absolute Gasteiger partial charge is 0.278 e. The molecule has 2 bridgehead atoms. The molecule has 3 aliphatic rings. The molecule has 2 aromatic rings. The predicted molar refractivity (Wildman–Crippen MR) is 96.1 cm³/mol. The van der Waals surface area contributed by atoms with E-state index in [4.69, 9.17) is 14.2 Å². The highest BCUT2D eigenvalue weighted by Crippen LogP contribution is 2.55. The lowest BCUT2D eigenvalue weighted by Crippen LogP contribution is -2.46. The van der Waals surface area contributed by atoms with Crippen LogP contribution in [-0.2, 0) is 15.3 Å². The third kappa shape index (κ3) is 2.18. The number of rotatable bonds is 2. The van der Waals surface area contributed by atoms with Crippen molar-refractivity contribution in [3.05, 3.63) is 71.0 Å². The molecule has 0 amide bonds. The first kappa shape index (κ1) is 15.5. The van der Waals surface area contributed by atoms with E-state index < -0.39 is 5.79 Å². The number of methoxy groups -OCH3 is 1. The van der Waals surface area contributed by atoms with Gasteiger partial charge in [0.25, 0.3) is 5.79 Å². The minimum atomic E-state index is -0.887. The Morgan fingerprint density at radius 2 is 1.85 bits per heavy atom. The summed E-state index contributed by atoms with van der Waals surface area (Å²) >= 11 is 0. The first-order valence-electron chi connectivity index (χ1n) is 9.08. The molecule has 2 aromatic carbocycles. The SMILES string of the molecule is COc1ccc([C@]23C[C@H](C4=C(CCCC4=O)O2)c2ccccc2O3)cc1. The molecule has 2 aliphatic heterocycles. The third-order valence-electron chi connectivity index (χ3n) is 5.62. The van der Waals surface area contributed by atoms with Crippen molar-refractivity contribution in [1.29, 1.82) is 0 Å². The summed E-state index contributed by atoms with van der Waals surface area (Å²) in [5.41, 5.74) is 2.89. The molecule has 0 spiro atoms. The van der Waals surface area contributed by atoms with Crippen LogP contribution in [-0.4, -0.2) is 12.9 Å². The number of hydrogen-bond acceptors (Lipinski definition) is 4. The predicted octanol–water partition coefficient (Wildman–Crippen LogP) is 4.45. The van der Waals surface area contributed by atoms with E-state index in [-0.39, 0.29) is 11.7 Å². The van der Waals surface area contributed by atoms with Crippen molar-refractivity contribution in [3.8, 4) is 11.5 Å². The van der Waals surface area contributed by atoms with Gasteiger partial charge in [-0.05, 0) is 36.8 Å². The molecule has 0 N–H and O–H groups in total. The zero-order chi connectivity index (χ0) is 17.7. The summed E-state index contributed by atoms with van der Waals surface area (Å²) in [5.74, 6) is 1.76. The number of para-hydroxylation sites is 1. The second-order valence-corrected chi connectivity index (χ2v) is 7.09. The Kier molecular flexibility index (Phi) is 3.36. The second kappa shape index (κ2) is 5.63. The van der Waals surface area contributed by atoms with Crippen molar-refractivity contribution in [2.45, 2.75) is 37.4 Å². The van der Waals surface area contributed by atoms with Crippen LogP contribution in [0.5, 0.6) is 11.5 Å². The molecule has 0 aromatic heterocycles. The van der Waals surface area contributed by atoms with E-state index in [2.05, 4.69) is 6.07 Å². The molecule has 4 nitrogen and oxygen atoms in total. The molecule has 0 unspecified atom stereocenters. The largest absolute Gasteiger partial charge is 0.497 e. The zero-order valence-corrected chi connectivity index (χ0v) is 14.7. The van der Waals surface area contributed by atoms with Crippen LogP contribution in [0.3, 0.4) is 0 Å². The van der Waals surface area contributed by atoms with Gasteiger partial charge in [0.15, 0.2) is 5.78 Å². The number of ketones is 1. The summed E-state index contributed by atoms with van der Waals surface area (Å²) in [7, 11) is 1.65. The Bertz CT molecular complexity index is 912. The van der Waals surface area contributed by atoms with Crippen LogP contribution in [0.1, 0.15) is 42.7 Å². The fraction of sp³-hybridized carbons (Fsp3) is 0.318. The second-order valence-electron chi connectivity index (χ2n) is 7.09. The molecule has 2 atom stereocenters. The minimum absolute atomic E-state index is 0.0265. The van der Waals surface area contributed by atoms with Crippen LogP contribution < -0.4 is 9.47 Å². The van der Waals surface area contributed by atoms with E-state index in [9.17, 15) is 4.79 Å². The van der Waals surface area contributed by atoms with E-state index >= 15 is 0 Å². The average molecular weight is 348 g/mol. The van der Waals surface area contributed by atoms with Gasteiger partial charge in [-0.25, -0.2) is 0 Å². The molecule has 0 saturated heterocycles. The molecule has 2 heterocycles. The van der Waals surface area contributed by atoms with Crippen LogP contribution in [0.2, 0.25) is 0 Å². The summed E-state index contributed by atoms with van der Waals surface area (Å²) in [6, 6.07) is 15.8. The highest BCUT2D eigenvalue weighted by atomic mass is 16.7. The maximum absolute atomic E-state index is 12.7. The van der Waals surface area contributed by atoms with Crippen molar-refractivity contribution in [2.75, 3.05) is 7.11 Å². The fourth-order valence-corrected chi connectivity index (χ4v) is 4.39. The highest BCUT2D eigenvalue weighted by molar-refractivity contribution is 5.98. The molecular weight excluding hydrogens is 328 g/mol. The summed E-state index contributed by atoms with van der Waals surface area (Å²) in [6.45, 7) is 0. The lowest BCUT2D eigenvalue weighted by Gasteiger charge is -2.48. The molecule has 26 heavy (non-hydrogen) atoms. The monoisotopic (exact) mass is 348 g/mol. The van der Waals surface area contributed by atoms with E-state index in [1.165, 1.54) is 0 Å². The Morgan fingerprint density at radius 3 is 2.65 bits per heavy atom. The molecular formula is C22H20O4. The summed E-state index contributed by atoms with van der Waals surface area (Å²) < 4.78 is 18.1. The average Bonchev–Trinajstić information content (AvgIpc) is 2.68. The summed E-state index contributed by atoms with van der Waals surface area (Å²) in [5, 5.41) is 0. The Morgan fingerprint density at radius 1 is 1.04 bits per heavy atom. The fourth-order valence-electron chi connectivity index (χ4n) is 4.39. The molecule has 5 rings (SSSR count). The van der Waals surface area contributed by atoms with Crippen LogP contribution in [0.25, 0.3) is 0 Å². The van der Waals surface area contributed by atoms with Crippen LogP contribution >= 0.6 is 0 Å². The van der Waals surface area contributed by atoms with Gasteiger partial charge in [0.05, 0.1) is 7.11 Å². The van der Waals surface area contributed by atoms with Gasteiger partial charge in [-0.1, -0.05) is 18.2 Å². The number of benzene rings is 2. The molecule has 0 saturated carbocycles. The van der Waals surface area contributed by atoms with Crippen LogP contribution in [0, 0.1) is 0 Å². The number of ether oxygens (including phenoxy) is 3. The van der Waals surface area contributed by atoms with Gasteiger partial charge in [-0.2, -0.15) is 0 Å². The van der Waals surface area contributed by atoms with Gasteiger partial charge >= 0.3 is 0 Å². The van der Waals surface area contributed by atoms with E-state index in [1.807, 2.05) is 42.5 Å². The van der Waals surface area contributed by atoms with Gasteiger partial charge in [-0.3, -0.25) is 4.79 Å². The van der Waals surface area contributed by atoms with Crippen LogP contribution in [0.4, 0.5) is 0 Å². The summed E-state index contributed by atoms with van der Waals surface area (Å²) in [6.07, 6.45) is 2.85. The lowest BCUT2D eigenvalue weighted by atomic mass is 9.74. The first-order valence-corrected chi connectivity index (χ1v) is 9.08. The van der Waals surface area contributed by atoms with E-state index in [0.717, 1.165) is 46.8 Å². The Balaban J connectivity index is 1.69. The molecule has 132 valence electrons. The van der Waals surface area contributed by atoms with Gasteiger partial charge < -0.3 is 14.2 Å². The normalized spacial score (nSPS) is 26.3. The number of carbonyl (C=O) groups is 1. The maximum atomic E-state index is 12.7. The maximum Gasteiger partial charge on any atom is 0.278 e. The Labute approximate surface area is 152 Å². The Hall–Kier alpha value is -2.75. The lowest BCUT2D eigenvalue weighted by molar-refractivity contribution is -0.193. The number of hydrogen-bond donors (Lipinski definition) is 0. The molecule has 4 heteroatoms. The van der Waals surface area contributed by atoms with Gasteiger partial charge in [0.1, 0.15) is 17.3 Å². The van der Waals surface area contributed by atoms with Crippen LogP contribution in [0.15, 0.2) is 59.9 Å². The van der Waals surface area contributed by atoms with Crippen molar-refractivity contribution in [3.63, 3.8) is 0 Å². The van der Waals surface area contributed by atoms with Gasteiger partial charge in [-0.15, -0.1) is 0 Å². The van der Waals surface area contributed by atoms with Crippen molar-refractivity contribution < 1.29 is 19.0 Å². The number of allylic oxidation sites excluding steroid dienone is 2. The van der Waals surface area contributed by atoms with Crippen molar-refractivity contribution in [2.24, 2.45) is 0 Å². The van der Waals surface area contributed by atoms with E-state index in [1.54, 1.807) is 7.11 Å². The zero-order valence-electron chi connectivity index (χ0n) is 14.7. The highest BCUT2D eigenvalue weighted by Gasteiger charge is 2.52. The van der Waals surface area contributed by atoms with Gasteiger partial charge in [0.2, 0.25) is 0 Å². The minimum Gasteiger partial charge on any atom is -0.497 e. The number of carbonyl (C=O) groups excluding carboxylic acids is 1. The topological polar surface area (TPSA) is 44.8 Å². The van der Waals surface area contributed by atoms with Crippen molar-refractivity contribution in [1.82, 2.24) is 0 Å². The quantitative estimate of drug-likeness (QED) is 0.804. The third-order valence-corrected chi connectivity index (χ3v) is 5.62. The standard InChI is InChI=1S/C22H20O4/c1-24-15-11-9-14(10-12-15)22-13-17(16-5-2-3-7-19(16)25-22)21-18(23)6-4-8-20(21)26-22/h2-3,5,7,9-12,17H,4,6,8,13H2,1H3/t17-,22-/m0/s1. The van der Waals surface area contributed by atoms with Crippen molar-refractivity contribution >= 4 is 5.78 Å². The first-order chi connectivity index (χ1) is 12.7. The molecule has 1 aliphatic carbocycles. The molecule has 0 radical (unpaired) electrons. The van der Waals surface area contributed by atoms with Gasteiger partial charge in [0, 0.05) is 41.9 Å².